The van der Waals surface area contributed by atoms with E-state index in [1.54, 1.807) is 0 Å². The van der Waals surface area contributed by atoms with Crippen LogP contribution in [0.5, 0.6) is 0 Å². The standard InChI is InChI=1S/C13H15N5O2S/c1-9-4-3-5-10-13(9)18(2)11(17-10)6-16-21(19,20)12-7-14-8-15-12/h3-5,7-8,16H,6H2,1-2H3,(H,14,15). The quantitative estimate of drug-likeness (QED) is 0.754. The molecule has 0 fully saturated rings. The van der Waals surface area contributed by atoms with Gasteiger partial charge in [0.25, 0.3) is 10.0 Å². The highest BCUT2D eigenvalue weighted by atomic mass is 32.2. The van der Waals surface area contributed by atoms with Crippen molar-refractivity contribution in [3.63, 3.8) is 0 Å². The third-order valence-electron chi connectivity index (χ3n) is 3.37. The van der Waals surface area contributed by atoms with E-state index in [1.807, 2.05) is 36.7 Å². The van der Waals surface area contributed by atoms with Gasteiger partial charge in [-0.15, -0.1) is 0 Å². The Kier molecular flexibility index (Phi) is 3.26. The molecule has 0 saturated heterocycles. The molecule has 110 valence electrons. The van der Waals surface area contributed by atoms with Gasteiger partial charge in [0.2, 0.25) is 0 Å². The van der Waals surface area contributed by atoms with E-state index in [1.165, 1.54) is 12.5 Å². The number of hydrogen-bond donors (Lipinski definition) is 2. The van der Waals surface area contributed by atoms with Gasteiger partial charge < -0.3 is 9.55 Å². The number of sulfonamides is 1. The average molecular weight is 305 g/mol. The van der Waals surface area contributed by atoms with Crippen molar-refractivity contribution in [1.82, 2.24) is 24.2 Å². The lowest BCUT2D eigenvalue weighted by Gasteiger charge is -2.05. The van der Waals surface area contributed by atoms with E-state index in [-0.39, 0.29) is 11.6 Å². The molecule has 0 bridgehead atoms. The van der Waals surface area contributed by atoms with Crippen LogP contribution < -0.4 is 4.72 Å². The van der Waals surface area contributed by atoms with E-state index in [0.29, 0.717) is 5.82 Å². The van der Waals surface area contributed by atoms with Gasteiger partial charge in [-0.05, 0) is 18.6 Å². The lowest BCUT2D eigenvalue weighted by atomic mass is 10.2. The van der Waals surface area contributed by atoms with Crippen molar-refractivity contribution in [3.05, 3.63) is 42.1 Å². The van der Waals surface area contributed by atoms with Gasteiger partial charge in [-0.2, -0.15) is 0 Å². The average Bonchev–Trinajstić information content (AvgIpc) is 3.06. The summed E-state index contributed by atoms with van der Waals surface area (Å²) in [7, 11) is -1.72. The number of aryl methyl sites for hydroxylation is 2. The lowest BCUT2D eigenvalue weighted by Crippen LogP contribution is -2.25. The predicted octanol–water partition coefficient (Wildman–Crippen LogP) is 1.08. The van der Waals surface area contributed by atoms with Gasteiger partial charge in [0, 0.05) is 7.05 Å². The van der Waals surface area contributed by atoms with Crippen LogP contribution in [0.2, 0.25) is 0 Å². The smallest absolute Gasteiger partial charge is 0.258 e. The number of H-pyrrole nitrogens is 1. The molecule has 0 aliphatic heterocycles. The van der Waals surface area contributed by atoms with Crippen molar-refractivity contribution < 1.29 is 8.42 Å². The van der Waals surface area contributed by atoms with Crippen LogP contribution in [0.1, 0.15) is 11.4 Å². The molecular weight excluding hydrogens is 290 g/mol. The molecule has 8 heteroatoms. The largest absolute Gasteiger partial charge is 0.335 e. The van der Waals surface area contributed by atoms with Gasteiger partial charge in [-0.1, -0.05) is 12.1 Å². The molecular formula is C13H15N5O2S. The summed E-state index contributed by atoms with van der Waals surface area (Å²) in [5, 5.41) is 0.0393. The summed E-state index contributed by atoms with van der Waals surface area (Å²) in [6.45, 7) is 2.12. The highest BCUT2D eigenvalue weighted by molar-refractivity contribution is 7.89. The summed E-state index contributed by atoms with van der Waals surface area (Å²) in [6, 6.07) is 5.85. The summed E-state index contributed by atoms with van der Waals surface area (Å²) >= 11 is 0. The van der Waals surface area contributed by atoms with Crippen LogP contribution in [0.25, 0.3) is 11.0 Å². The number of aromatic nitrogens is 4. The van der Waals surface area contributed by atoms with E-state index < -0.39 is 10.0 Å². The Morgan fingerprint density at radius 3 is 2.86 bits per heavy atom. The third-order valence-corrected chi connectivity index (χ3v) is 4.70. The number of nitrogens with zero attached hydrogens (tertiary/aromatic N) is 3. The first-order valence-electron chi connectivity index (χ1n) is 6.38. The topological polar surface area (TPSA) is 92.7 Å². The molecule has 0 radical (unpaired) electrons. The SMILES string of the molecule is Cc1cccc2nc(CNS(=O)(=O)c3cnc[nH]3)n(C)c12. The maximum Gasteiger partial charge on any atom is 0.258 e. The Labute approximate surface area is 122 Å². The molecule has 3 aromatic rings. The molecule has 1 aromatic carbocycles. The predicted molar refractivity (Wildman–Crippen MR) is 78.1 cm³/mol. The first kappa shape index (κ1) is 13.8. The van der Waals surface area contributed by atoms with E-state index in [4.69, 9.17) is 0 Å². The Hall–Kier alpha value is -2.19. The zero-order valence-electron chi connectivity index (χ0n) is 11.7. The molecule has 7 nitrogen and oxygen atoms in total. The molecule has 0 atom stereocenters. The fourth-order valence-corrected chi connectivity index (χ4v) is 3.18. The second-order valence-corrected chi connectivity index (χ2v) is 6.51. The molecule has 2 aromatic heterocycles. The van der Waals surface area contributed by atoms with Crippen molar-refractivity contribution in [2.45, 2.75) is 18.5 Å². The van der Waals surface area contributed by atoms with Crippen molar-refractivity contribution >= 4 is 21.1 Å². The highest BCUT2D eigenvalue weighted by Gasteiger charge is 2.17. The van der Waals surface area contributed by atoms with Gasteiger partial charge >= 0.3 is 0 Å². The molecule has 0 amide bonds. The summed E-state index contributed by atoms with van der Waals surface area (Å²) in [5.74, 6) is 0.655. The Balaban J connectivity index is 1.90. The minimum atomic E-state index is -3.60. The van der Waals surface area contributed by atoms with E-state index in [2.05, 4.69) is 19.7 Å². The molecule has 0 saturated carbocycles. The van der Waals surface area contributed by atoms with E-state index >= 15 is 0 Å². The molecule has 0 aliphatic rings. The second kappa shape index (κ2) is 4.97. The maximum atomic E-state index is 12.0. The Morgan fingerprint density at radius 2 is 2.19 bits per heavy atom. The summed E-state index contributed by atoms with van der Waals surface area (Å²) in [5.41, 5.74) is 2.96. The van der Waals surface area contributed by atoms with Crippen molar-refractivity contribution in [3.8, 4) is 0 Å². The van der Waals surface area contributed by atoms with Gasteiger partial charge in [0.15, 0.2) is 5.03 Å². The van der Waals surface area contributed by atoms with E-state index in [0.717, 1.165) is 16.6 Å². The van der Waals surface area contributed by atoms with Crippen LogP contribution in [0, 0.1) is 6.92 Å². The fraction of sp³-hybridized carbons (Fsp3) is 0.231. The first-order valence-corrected chi connectivity index (χ1v) is 7.86. The molecule has 2 heterocycles. The normalized spacial score (nSPS) is 12.1. The first-order chi connectivity index (χ1) is 9.99. The summed E-state index contributed by atoms with van der Waals surface area (Å²) in [6.07, 6.45) is 2.59. The molecule has 2 N–H and O–H groups in total. The molecule has 3 rings (SSSR count). The number of imidazole rings is 2. The summed E-state index contributed by atoms with van der Waals surface area (Å²) in [4.78, 5) is 10.8. The van der Waals surface area contributed by atoms with Crippen LogP contribution in [-0.4, -0.2) is 27.9 Å². The zero-order chi connectivity index (χ0) is 15.0. The van der Waals surface area contributed by atoms with Crippen molar-refractivity contribution in [1.29, 1.82) is 0 Å². The number of para-hydroxylation sites is 1. The van der Waals surface area contributed by atoms with E-state index in [9.17, 15) is 8.42 Å². The van der Waals surface area contributed by atoms with Crippen molar-refractivity contribution in [2.24, 2.45) is 7.05 Å². The number of rotatable bonds is 4. The number of hydrogen-bond acceptors (Lipinski definition) is 4. The lowest BCUT2D eigenvalue weighted by molar-refractivity contribution is 0.574. The van der Waals surface area contributed by atoms with Gasteiger partial charge in [-0.3, -0.25) is 0 Å². The van der Waals surface area contributed by atoms with Crippen LogP contribution in [0.4, 0.5) is 0 Å². The molecule has 0 aliphatic carbocycles. The monoisotopic (exact) mass is 305 g/mol. The van der Waals surface area contributed by atoms with Crippen LogP contribution in [-0.2, 0) is 23.6 Å². The maximum absolute atomic E-state index is 12.0. The number of nitrogens with one attached hydrogen (secondary N) is 2. The molecule has 21 heavy (non-hydrogen) atoms. The third kappa shape index (κ3) is 2.43. The van der Waals surface area contributed by atoms with Gasteiger partial charge in [0.1, 0.15) is 5.82 Å². The summed E-state index contributed by atoms with van der Waals surface area (Å²) < 4.78 is 28.5. The van der Waals surface area contributed by atoms with Crippen LogP contribution in [0.15, 0.2) is 35.7 Å². The second-order valence-electron chi connectivity index (χ2n) is 4.77. The minimum absolute atomic E-state index is 0.0393. The van der Waals surface area contributed by atoms with Gasteiger partial charge in [0.05, 0.1) is 30.1 Å². The Morgan fingerprint density at radius 1 is 1.38 bits per heavy atom. The fourth-order valence-electron chi connectivity index (χ4n) is 2.30. The van der Waals surface area contributed by atoms with Gasteiger partial charge in [-0.25, -0.2) is 23.1 Å². The van der Waals surface area contributed by atoms with Crippen molar-refractivity contribution in [2.75, 3.05) is 0 Å². The highest BCUT2D eigenvalue weighted by Crippen LogP contribution is 2.18. The van der Waals surface area contributed by atoms with Crippen LogP contribution >= 0.6 is 0 Å². The zero-order valence-corrected chi connectivity index (χ0v) is 12.5. The number of benzene rings is 1. The minimum Gasteiger partial charge on any atom is -0.335 e. The molecule has 0 unspecified atom stereocenters. The van der Waals surface area contributed by atoms with Crippen LogP contribution in [0.3, 0.4) is 0 Å². The molecule has 0 spiro atoms. The Bertz CT molecular complexity index is 881. The number of aromatic amines is 1. The number of fused-ring (bicyclic) bond motifs is 1.